The number of piperidine rings is 1. The summed E-state index contributed by atoms with van der Waals surface area (Å²) in [7, 11) is 0. The summed E-state index contributed by atoms with van der Waals surface area (Å²) in [4.78, 5) is 14.4. The molecule has 0 spiro atoms. The predicted octanol–water partition coefficient (Wildman–Crippen LogP) is 3.43. The molecule has 2 fully saturated rings. The fourth-order valence-electron chi connectivity index (χ4n) is 2.91. The van der Waals surface area contributed by atoms with Crippen molar-refractivity contribution in [3.05, 3.63) is 35.9 Å². The Morgan fingerprint density at radius 3 is 2.89 bits per heavy atom. The van der Waals surface area contributed by atoms with E-state index in [1.165, 1.54) is 0 Å². The second-order valence-electron chi connectivity index (χ2n) is 5.75. The maximum Gasteiger partial charge on any atom is 0.410 e. The number of fused-ring (bicyclic) bond motifs is 1. The molecule has 1 saturated heterocycles. The van der Waals surface area contributed by atoms with Crippen LogP contribution >= 0.6 is 15.9 Å². The first-order valence-electron chi connectivity index (χ1n) is 6.71. The van der Waals surface area contributed by atoms with Gasteiger partial charge in [0, 0.05) is 17.9 Å². The SMILES string of the molecule is CC12CCN(C(=O)OCc3ccccc3)CC1C2Br. The van der Waals surface area contributed by atoms with E-state index in [0.29, 0.717) is 22.8 Å². The highest BCUT2D eigenvalue weighted by Gasteiger charge is 2.62. The highest BCUT2D eigenvalue weighted by molar-refractivity contribution is 9.09. The van der Waals surface area contributed by atoms with Crippen molar-refractivity contribution in [1.82, 2.24) is 4.90 Å². The normalized spacial score (nSPS) is 32.6. The highest BCUT2D eigenvalue weighted by atomic mass is 79.9. The maximum absolute atomic E-state index is 12.0. The summed E-state index contributed by atoms with van der Waals surface area (Å²) in [5.41, 5.74) is 1.43. The Morgan fingerprint density at radius 1 is 1.47 bits per heavy atom. The molecule has 3 nitrogen and oxygen atoms in total. The summed E-state index contributed by atoms with van der Waals surface area (Å²) >= 11 is 3.70. The molecule has 1 heterocycles. The van der Waals surface area contributed by atoms with E-state index in [-0.39, 0.29) is 6.09 Å². The Kier molecular flexibility index (Phi) is 3.29. The highest BCUT2D eigenvalue weighted by Crippen LogP contribution is 2.61. The molecule has 0 N–H and O–H groups in total. The minimum absolute atomic E-state index is 0.183. The van der Waals surface area contributed by atoms with Crippen LogP contribution in [0.2, 0.25) is 0 Å². The largest absolute Gasteiger partial charge is 0.445 e. The van der Waals surface area contributed by atoms with Crippen LogP contribution in [0, 0.1) is 11.3 Å². The van der Waals surface area contributed by atoms with Crippen LogP contribution in [0.25, 0.3) is 0 Å². The molecule has 0 aromatic heterocycles. The molecule has 0 bridgehead atoms. The second-order valence-corrected chi connectivity index (χ2v) is 6.74. The van der Waals surface area contributed by atoms with Gasteiger partial charge in [0.15, 0.2) is 0 Å². The van der Waals surface area contributed by atoms with Gasteiger partial charge < -0.3 is 9.64 Å². The van der Waals surface area contributed by atoms with Crippen molar-refractivity contribution in [3.8, 4) is 0 Å². The van der Waals surface area contributed by atoms with Crippen molar-refractivity contribution in [2.24, 2.45) is 11.3 Å². The summed E-state index contributed by atoms with van der Waals surface area (Å²) in [5.74, 6) is 0.588. The van der Waals surface area contributed by atoms with E-state index in [4.69, 9.17) is 4.74 Å². The number of amides is 1. The fourth-order valence-corrected chi connectivity index (χ4v) is 4.09. The van der Waals surface area contributed by atoms with Gasteiger partial charge in [-0.3, -0.25) is 0 Å². The Hall–Kier alpha value is -1.03. The number of carbonyl (C=O) groups is 1. The number of alkyl halides is 1. The van der Waals surface area contributed by atoms with Gasteiger partial charge in [0.05, 0.1) is 0 Å². The molecule has 3 rings (SSSR count). The molecule has 3 atom stereocenters. The molecule has 102 valence electrons. The van der Waals surface area contributed by atoms with E-state index in [2.05, 4.69) is 22.9 Å². The number of benzene rings is 1. The summed E-state index contributed by atoms with van der Waals surface area (Å²) in [6, 6.07) is 9.80. The predicted molar refractivity (Wildman–Crippen MR) is 77.1 cm³/mol. The number of hydrogen-bond donors (Lipinski definition) is 0. The Bertz CT molecular complexity index is 478. The zero-order valence-electron chi connectivity index (χ0n) is 11.0. The lowest BCUT2D eigenvalue weighted by molar-refractivity contribution is 0.0824. The average molecular weight is 324 g/mol. The van der Waals surface area contributed by atoms with Gasteiger partial charge in [-0.15, -0.1) is 0 Å². The van der Waals surface area contributed by atoms with E-state index >= 15 is 0 Å². The molecule has 2 aliphatic rings. The standard InChI is InChI=1S/C15H18BrNO2/c1-15-7-8-17(9-12(15)13(15)16)14(18)19-10-11-5-3-2-4-6-11/h2-6,12-13H,7-10H2,1H3. The van der Waals surface area contributed by atoms with Crippen molar-refractivity contribution in [2.75, 3.05) is 13.1 Å². The van der Waals surface area contributed by atoms with Crippen molar-refractivity contribution >= 4 is 22.0 Å². The number of rotatable bonds is 2. The first-order chi connectivity index (χ1) is 9.11. The number of ether oxygens (including phenoxy) is 1. The molecule has 1 aromatic carbocycles. The van der Waals surface area contributed by atoms with Crippen LogP contribution in [-0.2, 0) is 11.3 Å². The van der Waals surface area contributed by atoms with Crippen molar-refractivity contribution in [2.45, 2.75) is 24.8 Å². The molecule has 3 unspecified atom stereocenters. The molecule has 19 heavy (non-hydrogen) atoms. The smallest absolute Gasteiger partial charge is 0.410 e. The third kappa shape index (κ3) is 2.38. The van der Waals surface area contributed by atoms with Gasteiger partial charge in [-0.1, -0.05) is 53.2 Å². The van der Waals surface area contributed by atoms with Crippen LogP contribution in [0.5, 0.6) is 0 Å². The lowest BCUT2D eigenvalue weighted by Gasteiger charge is -2.28. The average Bonchev–Trinajstić information content (AvgIpc) is 2.99. The first-order valence-corrected chi connectivity index (χ1v) is 7.62. The summed E-state index contributed by atoms with van der Waals surface area (Å²) in [6.07, 6.45) is 0.881. The maximum atomic E-state index is 12.0. The minimum Gasteiger partial charge on any atom is -0.445 e. The number of hydrogen-bond acceptors (Lipinski definition) is 2. The third-order valence-corrected chi connectivity index (χ3v) is 6.21. The zero-order chi connectivity index (χ0) is 13.5. The fraction of sp³-hybridized carbons (Fsp3) is 0.533. The lowest BCUT2D eigenvalue weighted by atomic mass is 9.98. The quantitative estimate of drug-likeness (QED) is 0.780. The molecule has 0 radical (unpaired) electrons. The summed E-state index contributed by atoms with van der Waals surface area (Å²) < 4.78 is 5.37. The lowest BCUT2D eigenvalue weighted by Crippen LogP contribution is -2.39. The number of likely N-dealkylation sites (tertiary alicyclic amines) is 1. The van der Waals surface area contributed by atoms with E-state index in [9.17, 15) is 4.79 Å². The number of halogens is 1. The van der Waals surface area contributed by atoms with Crippen molar-refractivity contribution < 1.29 is 9.53 Å². The Labute approximate surface area is 122 Å². The minimum atomic E-state index is -0.183. The molecule has 1 amide bonds. The van der Waals surface area contributed by atoms with E-state index in [1.807, 2.05) is 35.2 Å². The second kappa shape index (κ2) is 4.82. The number of carbonyl (C=O) groups excluding carboxylic acids is 1. The van der Waals surface area contributed by atoms with Gasteiger partial charge in [0.25, 0.3) is 0 Å². The number of nitrogens with zero attached hydrogens (tertiary/aromatic N) is 1. The van der Waals surface area contributed by atoms with Crippen LogP contribution in [0.4, 0.5) is 4.79 Å². The van der Waals surface area contributed by atoms with Gasteiger partial charge in [-0.25, -0.2) is 4.79 Å². The van der Waals surface area contributed by atoms with Crippen molar-refractivity contribution in [1.29, 1.82) is 0 Å². The monoisotopic (exact) mass is 323 g/mol. The van der Waals surface area contributed by atoms with E-state index in [0.717, 1.165) is 25.1 Å². The molecule has 4 heteroatoms. The zero-order valence-corrected chi connectivity index (χ0v) is 12.6. The van der Waals surface area contributed by atoms with Crippen LogP contribution in [0.15, 0.2) is 30.3 Å². The Balaban J connectivity index is 1.52. The molecule has 1 aromatic rings. The molecule has 1 aliphatic carbocycles. The van der Waals surface area contributed by atoms with Crippen LogP contribution in [0.3, 0.4) is 0 Å². The van der Waals surface area contributed by atoms with Crippen LogP contribution in [0.1, 0.15) is 18.9 Å². The van der Waals surface area contributed by atoms with Gasteiger partial charge in [0.2, 0.25) is 0 Å². The van der Waals surface area contributed by atoms with E-state index < -0.39 is 0 Å². The molecule has 1 saturated carbocycles. The molecular weight excluding hydrogens is 306 g/mol. The van der Waals surface area contributed by atoms with Crippen molar-refractivity contribution in [3.63, 3.8) is 0 Å². The van der Waals surface area contributed by atoms with Crippen LogP contribution in [-0.4, -0.2) is 28.9 Å². The first kappa shape index (κ1) is 13.0. The van der Waals surface area contributed by atoms with Gasteiger partial charge in [0.1, 0.15) is 6.61 Å². The third-order valence-electron chi connectivity index (χ3n) is 4.52. The summed E-state index contributed by atoms with van der Waals surface area (Å²) in [5, 5.41) is 0. The van der Waals surface area contributed by atoms with Gasteiger partial charge in [-0.2, -0.15) is 0 Å². The molecular formula is C15H18BrNO2. The topological polar surface area (TPSA) is 29.5 Å². The molecule has 1 aliphatic heterocycles. The van der Waals surface area contributed by atoms with E-state index in [1.54, 1.807) is 0 Å². The summed E-state index contributed by atoms with van der Waals surface area (Å²) in [6.45, 7) is 4.28. The van der Waals surface area contributed by atoms with Gasteiger partial charge in [-0.05, 0) is 23.3 Å². The van der Waals surface area contributed by atoms with Crippen LogP contribution < -0.4 is 0 Å². The van der Waals surface area contributed by atoms with Gasteiger partial charge >= 0.3 is 6.09 Å². The Morgan fingerprint density at radius 2 is 2.21 bits per heavy atom.